The summed E-state index contributed by atoms with van der Waals surface area (Å²) in [7, 11) is -3.64. The molecule has 0 aliphatic heterocycles. The Hall–Kier alpha value is -2.21. The van der Waals surface area contributed by atoms with Gasteiger partial charge in [0.15, 0.2) is 0 Å². The maximum atomic E-state index is 12.3. The number of sulfonamides is 1. The molecule has 0 radical (unpaired) electrons. The van der Waals surface area contributed by atoms with E-state index in [1.165, 1.54) is 12.1 Å². The van der Waals surface area contributed by atoms with Crippen molar-refractivity contribution >= 4 is 15.7 Å². The summed E-state index contributed by atoms with van der Waals surface area (Å²) in [5, 5.41) is 0. The molecule has 6 heteroatoms. The molecule has 0 heterocycles. The molecule has 2 aromatic rings. The maximum Gasteiger partial charge on any atom is 0.261 e. The molecule has 1 N–H and O–H groups in total. The monoisotopic (exact) mass is 321 g/mol. The number of benzene rings is 2. The molecule has 0 amide bonds. The molecule has 0 aliphatic carbocycles. The van der Waals surface area contributed by atoms with Gasteiger partial charge in [-0.2, -0.15) is 0 Å². The van der Waals surface area contributed by atoms with Crippen molar-refractivity contribution < 1.29 is 17.9 Å². The third-order valence-corrected chi connectivity index (χ3v) is 4.24. The first-order valence-corrected chi connectivity index (χ1v) is 8.52. The van der Waals surface area contributed by atoms with Gasteiger partial charge in [0.1, 0.15) is 11.5 Å². The highest BCUT2D eigenvalue weighted by molar-refractivity contribution is 7.92. The van der Waals surface area contributed by atoms with Crippen LogP contribution in [0.15, 0.2) is 53.4 Å². The molecule has 0 spiro atoms. The van der Waals surface area contributed by atoms with Crippen molar-refractivity contribution in [1.29, 1.82) is 0 Å². The van der Waals surface area contributed by atoms with Crippen molar-refractivity contribution in [2.45, 2.75) is 18.7 Å². The maximum absolute atomic E-state index is 12.3. The zero-order valence-electron chi connectivity index (χ0n) is 12.6. The topological polar surface area (TPSA) is 64.6 Å². The number of anilines is 1. The molecule has 2 aromatic carbocycles. The van der Waals surface area contributed by atoms with Crippen LogP contribution >= 0.6 is 0 Å². The molecule has 0 aliphatic rings. The molecule has 0 saturated heterocycles. The van der Waals surface area contributed by atoms with Crippen LogP contribution in [0.4, 0.5) is 5.69 Å². The van der Waals surface area contributed by atoms with Crippen LogP contribution in [-0.2, 0) is 10.0 Å². The van der Waals surface area contributed by atoms with Gasteiger partial charge >= 0.3 is 0 Å². The highest BCUT2D eigenvalue weighted by atomic mass is 32.2. The molecule has 0 aromatic heterocycles. The Kier molecular flexibility index (Phi) is 5.27. The summed E-state index contributed by atoms with van der Waals surface area (Å²) in [6.45, 7) is 4.80. The van der Waals surface area contributed by atoms with Crippen LogP contribution in [0.3, 0.4) is 0 Å². The fourth-order valence-electron chi connectivity index (χ4n) is 1.91. The first-order valence-electron chi connectivity index (χ1n) is 7.03. The predicted octanol–water partition coefficient (Wildman–Crippen LogP) is 3.28. The van der Waals surface area contributed by atoms with Gasteiger partial charge in [0, 0.05) is 6.07 Å². The Bertz CT molecular complexity index is 711. The van der Waals surface area contributed by atoms with Gasteiger partial charge in [0.2, 0.25) is 0 Å². The zero-order chi connectivity index (χ0) is 16.0. The van der Waals surface area contributed by atoms with Crippen LogP contribution in [0.25, 0.3) is 0 Å². The average Bonchev–Trinajstić information content (AvgIpc) is 2.48. The van der Waals surface area contributed by atoms with Gasteiger partial charge in [-0.15, -0.1) is 0 Å². The summed E-state index contributed by atoms with van der Waals surface area (Å²) in [6.07, 6.45) is 0. The summed E-state index contributed by atoms with van der Waals surface area (Å²) < 4.78 is 37.9. The second kappa shape index (κ2) is 7.17. The Morgan fingerprint density at radius 3 is 2.18 bits per heavy atom. The number of hydrogen-bond acceptors (Lipinski definition) is 4. The third-order valence-electron chi connectivity index (χ3n) is 2.84. The molecule has 0 fully saturated rings. The minimum absolute atomic E-state index is 0.178. The summed E-state index contributed by atoms with van der Waals surface area (Å²) in [6, 6.07) is 13.1. The Morgan fingerprint density at radius 2 is 1.55 bits per heavy atom. The van der Waals surface area contributed by atoms with E-state index in [2.05, 4.69) is 4.72 Å². The molecular formula is C16H19NO4S. The number of hydrogen-bond donors (Lipinski definition) is 1. The van der Waals surface area contributed by atoms with E-state index in [0.29, 0.717) is 30.4 Å². The molecule has 22 heavy (non-hydrogen) atoms. The molecule has 2 rings (SSSR count). The van der Waals surface area contributed by atoms with Crippen molar-refractivity contribution in [3.8, 4) is 11.5 Å². The molecule has 0 saturated carbocycles. The molecule has 118 valence electrons. The molecule has 5 nitrogen and oxygen atoms in total. The predicted molar refractivity (Wildman–Crippen MR) is 86.0 cm³/mol. The first kappa shape index (κ1) is 16.2. The molecular weight excluding hydrogens is 302 g/mol. The van der Waals surface area contributed by atoms with Gasteiger partial charge < -0.3 is 9.47 Å². The van der Waals surface area contributed by atoms with Gasteiger partial charge in [-0.1, -0.05) is 6.07 Å². The van der Waals surface area contributed by atoms with Crippen molar-refractivity contribution in [2.24, 2.45) is 0 Å². The Morgan fingerprint density at radius 1 is 0.909 bits per heavy atom. The molecule has 0 atom stereocenters. The molecule has 0 unspecified atom stereocenters. The zero-order valence-corrected chi connectivity index (χ0v) is 13.4. The Labute approximate surface area is 130 Å². The average molecular weight is 321 g/mol. The first-order chi connectivity index (χ1) is 10.5. The summed E-state index contributed by atoms with van der Waals surface area (Å²) >= 11 is 0. The van der Waals surface area contributed by atoms with Gasteiger partial charge in [0.05, 0.1) is 23.8 Å². The highest BCUT2D eigenvalue weighted by Crippen LogP contribution is 2.22. The van der Waals surface area contributed by atoms with Crippen LogP contribution in [-0.4, -0.2) is 21.6 Å². The van der Waals surface area contributed by atoms with Crippen molar-refractivity contribution in [2.75, 3.05) is 17.9 Å². The van der Waals surface area contributed by atoms with Gasteiger partial charge in [-0.3, -0.25) is 4.72 Å². The van der Waals surface area contributed by atoms with E-state index in [1.807, 2.05) is 13.8 Å². The van der Waals surface area contributed by atoms with Crippen LogP contribution in [0.1, 0.15) is 13.8 Å². The van der Waals surface area contributed by atoms with Gasteiger partial charge in [-0.05, 0) is 50.2 Å². The van der Waals surface area contributed by atoms with Crippen molar-refractivity contribution in [3.05, 3.63) is 48.5 Å². The lowest BCUT2D eigenvalue weighted by Gasteiger charge is -2.10. The van der Waals surface area contributed by atoms with E-state index in [0.717, 1.165) is 0 Å². The number of rotatable bonds is 7. The van der Waals surface area contributed by atoms with Crippen LogP contribution in [0.5, 0.6) is 11.5 Å². The van der Waals surface area contributed by atoms with E-state index in [1.54, 1.807) is 36.4 Å². The smallest absolute Gasteiger partial charge is 0.261 e. The lowest BCUT2D eigenvalue weighted by Crippen LogP contribution is -2.13. The second-order valence-electron chi connectivity index (χ2n) is 4.47. The largest absolute Gasteiger partial charge is 0.494 e. The number of nitrogens with one attached hydrogen (secondary N) is 1. The minimum atomic E-state index is -3.64. The summed E-state index contributed by atoms with van der Waals surface area (Å²) in [5.74, 6) is 1.26. The van der Waals surface area contributed by atoms with E-state index in [-0.39, 0.29) is 4.90 Å². The van der Waals surface area contributed by atoms with E-state index in [9.17, 15) is 8.42 Å². The Balaban J connectivity index is 2.18. The van der Waals surface area contributed by atoms with E-state index >= 15 is 0 Å². The van der Waals surface area contributed by atoms with E-state index < -0.39 is 10.0 Å². The lowest BCUT2D eigenvalue weighted by molar-refractivity contribution is 0.340. The molecule has 0 bridgehead atoms. The minimum Gasteiger partial charge on any atom is -0.494 e. The van der Waals surface area contributed by atoms with Gasteiger partial charge in [-0.25, -0.2) is 8.42 Å². The number of ether oxygens (including phenoxy) is 2. The van der Waals surface area contributed by atoms with E-state index in [4.69, 9.17) is 9.47 Å². The van der Waals surface area contributed by atoms with Crippen molar-refractivity contribution in [3.63, 3.8) is 0 Å². The normalized spacial score (nSPS) is 11.0. The third kappa shape index (κ3) is 4.14. The van der Waals surface area contributed by atoms with Gasteiger partial charge in [0.25, 0.3) is 10.0 Å². The summed E-state index contributed by atoms with van der Waals surface area (Å²) in [5.41, 5.74) is 0.458. The quantitative estimate of drug-likeness (QED) is 0.850. The SMILES string of the molecule is CCOc1ccc(S(=O)(=O)Nc2cccc(OCC)c2)cc1. The van der Waals surface area contributed by atoms with Crippen molar-refractivity contribution in [1.82, 2.24) is 0 Å². The van der Waals surface area contributed by atoms with Crippen LogP contribution in [0, 0.1) is 0 Å². The fourth-order valence-corrected chi connectivity index (χ4v) is 2.96. The fraction of sp³-hybridized carbons (Fsp3) is 0.250. The standard InChI is InChI=1S/C16H19NO4S/c1-3-20-14-8-10-16(11-9-14)22(18,19)17-13-6-5-7-15(12-13)21-4-2/h5-12,17H,3-4H2,1-2H3. The summed E-state index contributed by atoms with van der Waals surface area (Å²) in [4.78, 5) is 0.178. The van der Waals surface area contributed by atoms with Crippen LogP contribution in [0.2, 0.25) is 0 Å². The van der Waals surface area contributed by atoms with Crippen LogP contribution < -0.4 is 14.2 Å². The lowest BCUT2D eigenvalue weighted by atomic mass is 10.3. The second-order valence-corrected chi connectivity index (χ2v) is 6.15. The highest BCUT2D eigenvalue weighted by Gasteiger charge is 2.14.